The van der Waals surface area contributed by atoms with E-state index in [1.165, 1.54) is 11.9 Å². The second-order valence-electron chi connectivity index (χ2n) is 8.28. The Hall–Kier alpha value is -3.26. The van der Waals surface area contributed by atoms with E-state index in [0.717, 1.165) is 22.7 Å². The van der Waals surface area contributed by atoms with Gasteiger partial charge in [0, 0.05) is 42.6 Å². The molecular weight excluding hydrogens is 548 g/mol. The minimum atomic E-state index is -4.84. The highest BCUT2D eigenvalue weighted by Gasteiger charge is 2.39. The molecule has 1 aromatic heterocycles. The van der Waals surface area contributed by atoms with Crippen molar-refractivity contribution < 1.29 is 34.8 Å². The molecule has 198 valence electrons. The number of rotatable bonds is 5. The van der Waals surface area contributed by atoms with E-state index >= 15 is 0 Å². The fraction of sp³-hybridized carbons (Fsp3) is 0.273. The van der Waals surface area contributed by atoms with Crippen LogP contribution < -0.4 is 14.5 Å². The Morgan fingerprint density at radius 1 is 1.05 bits per heavy atom. The first-order valence-corrected chi connectivity index (χ1v) is 12.7. The lowest BCUT2D eigenvalue weighted by Gasteiger charge is -2.23. The van der Waals surface area contributed by atoms with Gasteiger partial charge in [-0.15, -0.1) is 0 Å². The molecule has 0 unspecified atom stereocenters. The zero-order valence-corrected chi connectivity index (χ0v) is 20.7. The SMILES string of the molecule is CN(c1cccc2c1CN(c1nc(Nc3cc(Cl)cc(C(F)(F)F)c3)ncc1C(F)(F)F)C2)S(C)(=O)=O. The van der Waals surface area contributed by atoms with Crippen molar-refractivity contribution in [3.63, 3.8) is 0 Å². The molecule has 1 N–H and O–H groups in total. The summed E-state index contributed by atoms with van der Waals surface area (Å²) in [7, 11) is -2.31. The zero-order valence-electron chi connectivity index (χ0n) is 19.1. The van der Waals surface area contributed by atoms with Crippen molar-refractivity contribution in [2.45, 2.75) is 25.4 Å². The monoisotopic (exact) mass is 565 g/mol. The molecule has 7 nitrogen and oxygen atoms in total. The van der Waals surface area contributed by atoms with E-state index < -0.39 is 39.3 Å². The van der Waals surface area contributed by atoms with Gasteiger partial charge in [0.25, 0.3) is 0 Å². The Labute approximate surface area is 212 Å². The standard InChI is InChI=1S/C22H18ClF6N5O2S/c1-33(37(2,35)36)18-5-3-4-12-10-34(11-16(12)18)19-17(22(27,28)29)9-30-20(32-19)31-15-7-13(21(24,25)26)6-14(23)8-15/h3-9H,10-11H2,1-2H3,(H,30,31,32). The molecule has 0 amide bonds. The van der Waals surface area contributed by atoms with Gasteiger partial charge < -0.3 is 10.2 Å². The first-order chi connectivity index (χ1) is 17.0. The van der Waals surface area contributed by atoms with Gasteiger partial charge in [0.1, 0.15) is 11.4 Å². The Morgan fingerprint density at radius 3 is 2.38 bits per heavy atom. The molecule has 1 aliphatic heterocycles. The molecule has 0 spiro atoms. The van der Waals surface area contributed by atoms with E-state index in [4.69, 9.17) is 11.6 Å². The highest BCUT2D eigenvalue weighted by molar-refractivity contribution is 7.92. The highest BCUT2D eigenvalue weighted by Crippen LogP contribution is 2.41. The molecule has 2 heterocycles. The van der Waals surface area contributed by atoms with Gasteiger partial charge in [0.15, 0.2) is 0 Å². The Balaban J connectivity index is 1.73. The van der Waals surface area contributed by atoms with Crippen LogP contribution in [0.25, 0.3) is 0 Å². The van der Waals surface area contributed by atoms with Crippen molar-refractivity contribution >= 4 is 44.8 Å². The van der Waals surface area contributed by atoms with E-state index in [2.05, 4.69) is 15.3 Å². The number of alkyl halides is 6. The molecule has 4 rings (SSSR count). The molecule has 2 aromatic carbocycles. The van der Waals surface area contributed by atoms with Gasteiger partial charge in [-0.1, -0.05) is 23.7 Å². The number of nitrogens with one attached hydrogen (secondary N) is 1. The third-order valence-corrected chi connectivity index (χ3v) is 7.06. The molecule has 0 saturated carbocycles. The Bertz CT molecular complexity index is 1460. The molecule has 0 saturated heterocycles. The number of fused-ring (bicyclic) bond motifs is 1. The van der Waals surface area contributed by atoms with Gasteiger partial charge in [-0.25, -0.2) is 13.4 Å². The van der Waals surface area contributed by atoms with Gasteiger partial charge >= 0.3 is 12.4 Å². The molecular formula is C22H18ClF6N5O2S. The van der Waals surface area contributed by atoms with E-state index in [0.29, 0.717) is 29.1 Å². The van der Waals surface area contributed by atoms with Gasteiger partial charge in [-0.2, -0.15) is 31.3 Å². The van der Waals surface area contributed by atoms with Crippen molar-refractivity contribution in [1.29, 1.82) is 0 Å². The zero-order chi connectivity index (χ0) is 27.3. The molecule has 15 heteroatoms. The number of hydrogen-bond donors (Lipinski definition) is 1. The van der Waals surface area contributed by atoms with Crippen molar-refractivity contribution in [2.24, 2.45) is 0 Å². The molecule has 3 aromatic rings. The van der Waals surface area contributed by atoms with Gasteiger partial charge in [0.05, 0.1) is 17.5 Å². The van der Waals surface area contributed by atoms with Gasteiger partial charge in [-0.3, -0.25) is 4.31 Å². The topological polar surface area (TPSA) is 78.4 Å². The summed E-state index contributed by atoms with van der Waals surface area (Å²) in [5, 5.41) is 2.23. The average molecular weight is 566 g/mol. The summed E-state index contributed by atoms with van der Waals surface area (Å²) >= 11 is 5.78. The smallest absolute Gasteiger partial charge is 0.347 e. The van der Waals surface area contributed by atoms with E-state index in [-0.39, 0.29) is 29.7 Å². The predicted octanol–water partition coefficient (Wildman–Crippen LogP) is 5.83. The van der Waals surface area contributed by atoms with Crippen LogP contribution in [0.2, 0.25) is 5.02 Å². The molecule has 0 fully saturated rings. The third kappa shape index (κ3) is 5.69. The van der Waals surface area contributed by atoms with E-state index in [9.17, 15) is 34.8 Å². The van der Waals surface area contributed by atoms with Crippen LogP contribution in [0.3, 0.4) is 0 Å². The van der Waals surface area contributed by atoms with E-state index in [1.54, 1.807) is 18.2 Å². The van der Waals surface area contributed by atoms with Crippen molar-refractivity contribution in [3.05, 3.63) is 69.9 Å². The maximum absolute atomic E-state index is 13.8. The summed E-state index contributed by atoms with van der Waals surface area (Å²) in [6.07, 6.45) is -8.00. The van der Waals surface area contributed by atoms with Crippen LogP contribution in [0.5, 0.6) is 0 Å². The molecule has 0 radical (unpaired) electrons. The molecule has 0 bridgehead atoms. The normalized spacial score (nSPS) is 14.0. The van der Waals surface area contributed by atoms with Crippen LogP contribution in [0.15, 0.2) is 42.6 Å². The maximum Gasteiger partial charge on any atom is 0.421 e. The van der Waals surface area contributed by atoms with Crippen LogP contribution in [0, 0.1) is 0 Å². The Kier molecular flexibility index (Phi) is 6.69. The number of halogens is 7. The van der Waals surface area contributed by atoms with Gasteiger partial charge in [-0.05, 0) is 29.8 Å². The first-order valence-electron chi connectivity index (χ1n) is 10.4. The second-order valence-corrected chi connectivity index (χ2v) is 10.7. The molecule has 1 aliphatic rings. The van der Waals surface area contributed by atoms with Crippen LogP contribution in [-0.2, 0) is 35.5 Å². The van der Waals surface area contributed by atoms with Crippen LogP contribution in [0.1, 0.15) is 22.3 Å². The number of benzene rings is 2. The fourth-order valence-corrected chi connectivity index (χ4v) is 4.62. The third-order valence-electron chi connectivity index (χ3n) is 5.65. The van der Waals surface area contributed by atoms with Crippen molar-refractivity contribution in [3.8, 4) is 0 Å². The maximum atomic E-state index is 13.8. The predicted molar refractivity (Wildman–Crippen MR) is 126 cm³/mol. The van der Waals surface area contributed by atoms with E-state index in [1.807, 2.05) is 0 Å². The summed E-state index contributed by atoms with van der Waals surface area (Å²) in [5.74, 6) is -0.907. The summed E-state index contributed by atoms with van der Waals surface area (Å²) in [6.45, 7) is -0.115. The lowest BCUT2D eigenvalue weighted by molar-refractivity contribution is -0.138. The van der Waals surface area contributed by atoms with Crippen LogP contribution >= 0.6 is 11.6 Å². The number of hydrogen-bond acceptors (Lipinski definition) is 6. The summed E-state index contributed by atoms with van der Waals surface area (Å²) < 4.78 is 106. The number of sulfonamides is 1. The minimum absolute atomic E-state index is 0.0182. The van der Waals surface area contributed by atoms with Crippen LogP contribution in [0.4, 0.5) is 49.5 Å². The fourth-order valence-electron chi connectivity index (χ4n) is 3.86. The second kappa shape index (κ2) is 9.24. The first kappa shape index (κ1) is 26.8. The van der Waals surface area contributed by atoms with Crippen LogP contribution in [-0.4, -0.2) is 31.7 Å². The minimum Gasteiger partial charge on any atom is -0.347 e. The molecule has 0 aliphatic carbocycles. The largest absolute Gasteiger partial charge is 0.421 e. The quantitative estimate of drug-likeness (QED) is 0.392. The lowest BCUT2D eigenvalue weighted by Crippen LogP contribution is -2.26. The van der Waals surface area contributed by atoms with Gasteiger partial charge in [0.2, 0.25) is 16.0 Å². The summed E-state index contributed by atoms with van der Waals surface area (Å²) in [4.78, 5) is 8.90. The summed E-state index contributed by atoms with van der Waals surface area (Å²) in [5.41, 5.74) is -0.993. The number of nitrogens with zero attached hydrogens (tertiary/aromatic N) is 4. The Morgan fingerprint density at radius 2 is 1.76 bits per heavy atom. The number of aromatic nitrogens is 2. The summed E-state index contributed by atoms with van der Waals surface area (Å²) in [6, 6.07) is 7.38. The molecule has 0 atom stereocenters. The van der Waals surface area contributed by atoms with Crippen molar-refractivity contribution in [2.75, 3.05) is 27.8 Å². The highest BCUT2D eigenvalue weighted by atomic mass is 35.5. The number of anilines is 4. The van der Waals surface area contributed by atoms with Crippen molar-refractivity contribution in [1.82, 2.24) is 9.97 Å². The lowest BCUT2D eigenvalue weighted by atomic mass is 10.1. The molecule has 37 heavy (non-hydrogen) atoms. The average Bonchev–Trinajstić information content (AvgIpc) is 3.20.